The highest BCUT2D eigenvalue weighted by Crippen LogP contribution is 2.45. The van der Waals surface area contributed by atoms with E-state index in [1.54, 1.807) is 23.4 Å². The minimum atomic E-state index is -1.39. The van der Waals surface area contributed by atoms with Gasteiger partial charge in [-0.1, -0.05) is 30.3 Å². The number of esters is 1. The van der Waals surface area contributed by atoms with Gasteiger partial charge in [-0.2, -0.15) is 0 Å². The van der Waals surface area contributed by atoms with Crippen LogP contribution < -0.4 is 5.56 Å². The molecule has 1 aliphatic carbocycles. The highest BCUT2D eigenvalue weighted by Gasteiger charge is 2.51. The molecule has 156 valence electrons. The number of ether oxygens (including phenoxy) is 1. The van der Waals surface area contributed by atoms with E-state index in [1.807, 2.05) is 60.9 Å². The van der Waals surface area contributed by atoms with Crippen molar-refractivity contribution in [2.24, 2.45) is 5.92 Å². The molecule has 0 fully saturated rings. The smallest absolute Gasteiger partial charge is 0.312 e. The quantitative estimate of drug-likeness (QED) is 0.497. The Labute approximate surface area is 178 Å². The summed E-state index contributed by atoms with van der Waals surface area (Å²) < 4.78 is 6.76. The van der Waals surface area contributed by atoms with Gasteiger partial charge >= 0.3 is 5.97 Å². The highest BCUT2D eigenvalue weighted by atomic mass is 32.2. The Morgan fingerprint density at radius 3 is 2.47 bits per heavy atom. The molecule has 1 heterocycles. The molecular weight excluding hydrogens is 400 g/mol. The molecule has 0 saturated carbocycles. The fourth-order valence-corrected chi connectivity index (χ4v) is 4.84. The van der Waals surface area contributed by atoms with Crippen LogP contribution in [0.5, 0.6) is 0 Å². The van der Waals surface area contributed by atoms with Crippen molar-refractivity contribution in [1.82, 2.24) is 9.78 Å². The van der Waals surface area contributed by atoms with Gasteiger partial charge in [0.2, 0.25) is 0 Å². The summed E-state index contributed by atoms with van der Waals surface area (Å²) in [5.74, 6) is -2.06. The number of rotatable bonds is 4. The number of thioether (sulfide) groups is 1. The Balaban J connectivity index is 1.97. The molecule has 3 atom stereocenters. The Hall–Kier alpha value is -2.77. The fraction of sp³-hybridized carbons (Fsp3) is 0.304. The summed E-state index contributed by atoms with van der Waals surface area (Å²) in [5, 5.41) is 14.3. The first kappa shape index (κ1) is 20.5. The van der Waals surface area contributed by atoms with Crippen LogP contribution in [0, 0.1) is 5.92 Å². The van der Waals surface area contributed by atoms with Gasteiger partial charge in [0.1, 0.15) is 0 Å². The van der Waals surface area contributed by atoms with Crippen molar-refractivity contribution in [3.63, 3.8) is 0 Å². The molecule has 0 bridgehead atoms. The number of nitrogens with zero attached hydrogens (tertiary/aromatic N) is 1. The predicted molar refractivity (Wildman–Crippen MR) is 116 cm³/mol. The largest absolute Gasteiger partial charge is 0.469 e. The lowest BCUT2D eigenvalue weighted by Gasteiger charge is -2.40. The van der Waals surface area contributed by atoms with E-state index in [1.165, 1.54) is 7.11 Å². The van der Waals surface area contributed by atoms with Crippen molar-refractivity contribution in [2.75, 3.05) is 13.4 Å². The molecule has 0 radical (unpaired) electrons. The fourth-order valence-electron chi connectivity index (χ4n) is 4.44. The van der Waals surface area contributed by atoms with Crippen LogP contribution in [-0.4, -0.2) is 39.8 Å². The van der Waals surface area contributed by atoms with Crippen LogP contribution in [0.25, 0.3) is 5.69 Å². The summed E-state index contributed by atoms with van der Waals surface area (Å²) in [5.41, 5.74) is 1.10. The molecule has 0 amide bonds. The lowest BCUT2D eigenvalue weighted by molar-refractivity contribution is -0.156. The van der Waals surface area contributed by atoms with Gasteiger partial charge in [-0.05, 0) is 43.0 Å². The number of methoxy groups -OCH3 is 1. The number of aromatic amines is 1. The van der Waals surface area contributed by atoms with Gasteiger partial charge in [0.05, 0.1) is 30.0 Å². The lowest BCUT2D eigenvalue weighted by atomic mass is 9.66. The number of carbonyl (C=O) groups is 1. The van der Waals surface area contributed by atoms with Crippen LogP contribution in [0.15, 0.2) is 64.3 Å². The Morgan fingerprint density at radius 1 is 1.20 bits per heavy atom. The van der Waals surface area contributed by atoms with Gasteiger partial charge in [0, 0.05) is 22.8 Å². The van der Waals surface area contributed by atoms with Crippen molar-refractivity contribution < 1.29 is 14.6 Å². The highest BCUT2D eigenvalue weighted by molar-refractivity contribution is 7.98. The summed E-state index contributed by atoms with van der Waals surface area (Å²) in [4.78, 5) is 27.0. The van der Waals surface area contributed by atoms with Crippen LogP contribution in [0.3, 0.4) is 0 Å². The van der Waals surface area contributed by atoms with E-state index >= 15 is 0 Å². The normalized spacial score (nSPS) is 23.1. The van der Waals surface area contributed by atoms with Crippen LogP contribution in [0.1, 0.15) is 29.7 Å². The number of hydrogen-bond acceptors (Lipinski definition) is 5. The first-order valence-corrected chi connectivity index (χ1v) is 10.9. The van der Waals surface area contributed by atoms with Gasteiger partial charge in [0.15, 0.2) is 0 Å². The van der Waals surface area contributed by atoms with Crippen molar-refractivity contribution in [2.45, 2.75) is 29.8 Å². The Bertz CT molecular complexity index is 1120. The molecule has 0 saturated heterocycles. The zero-order chi connectivity index (χ0) is 21.5. The summed E-state index contributed by atoms with van der Waals surface area (Å²) in [7, 11) is 1.31. The molecule has 2 N–H and O–H groups in total. The second kappa shape index (κ2) is 7.81. The van der Waals surface area contributed by atoms with Crippen LogP contribution in [-0.2, 0) is 16.0 Å². The van der Waals surface area contributed by atoms with E-state index in [2.05, 4.69) is 5.10 Å². The third-order valence-electron chi connectivity index (χ3n) is 5.82. The SMILES string of the molecule is COC(=O)[C@@H]1[C@@H](c2ccc(SC)cc2)c2c(n(-c3ccccc3)[nH]c2=O)C[C@]1(C)O. The molecule has 1 aromatic heterocycles. The van der Waals surface area contributed by atoms with Gasteiger partial charge < -0.3 is 9.84 Å². The standard InChI is InChI=1S/C23H24N2O4S/c1-23(28)13-17-19(21(26)24-25(17)15-7-5-4-6-8-15)18(20(23)22(27)29-2)14-9-11-16(30-3)12-10-14/h4-12,18,20,28H,13H2,1-3H3,(H,24,26)/t18-,20-,23-/m0/s1. The van der Waals surface area contributed by atoms with E-state index in [0.717, 1.165) is 16.1 Å². The molecule has 4 rings (SSSR count). The summed E-state index contributed by atoms with van der Waals surface area (Å²) >= 11 is 1.61. The number of fused-ring (bicyclic) bond motifs is 1. The van der Waals surface area contributed by atoms with E-state index in [4.69, 9.17) is 4.74 Å². The van der Waals surface area contributed by atoms with Gasteiger partial charge in [-0.15, -0.1) is 11.8 Å². The minimum Gasteiger partial charge on any atom is -0.469 e. The molecule has 0 aliphatic heterocycles. The Kier molecular flexibility index (Phi) is 5.34. The second-order valence-electron chi connectivity index (χ2n) is 7.76. The van der Waals surface area contributed by atoms with Crippen molar-refractivity contribution in [1.29, 1.82) is 0 Å². The van der Waals surface area contributed by atoms with Gasteiger partial charge in [-0.25, -0.2) is 0 Å². The maximum Gasteiger partial charge on any atom is 0.312 e. The van der Waals surface area contributed by atoms with Crippen LogP contribution in [0.4, 0.5) is 0 Å². The van der Waals surface area contributed by atoms with E-state index in [-0.39, 0.29) is 12.0 Å². The third-order valence-corrected chi connectivity index (χ3v) is 6.57. The monoisotopic (exact) mass is 424 g/mol. The van der Waals surface area contributed by atoms with Gasteiger partial charge in [0.25, 0.3) is 5.56 Å². The van der Waals surface area contributed by atoms with Crippen molar-refractivity contribution in [3.05, 3.63) is 81.8 Å². The molecule has 2 aromatic carbocycles. The number of aromatic nitrogens is 2. The van der Waals surface area contributed by atoms with Crippen LogP contribution in [0.2, 0.25) is 0 Å². The number of hydrogen-bond donors (Lipinski definition) is 2. The molecule has 30 heavy (non-hydrogen) atoms. The summed E-state index contributed by atoms with van der Waals surface area (Å²) in [6.07, 6.45) is 2.13. The molecule has 6 nitrogen and oxygen atoms in total. The van der Waals surface area contributed by atoms with E-state index < -0.39 is 23.4 Å². The first-order chi connectivity index (χ1) is 14.4. The van der Waals surface area contributed by atoms with Gasteiger partial charge in [-0.3, -0.25) is 19.4 Å². The maximum absolute atomic E-state index is 13.1. The zero-order valence-corrected chi connectivity index (χ0v) is 17.9. The number of aliphatic hydroxyl groups is 1. The van der Waals surface area contributed by atoms with E-state index in [9.17, 15) is 14.7 Å². The predicted octanol–water partition coefficient (Wildman–Crippen LogP) is 3.12. The number of para-hydroxylation sites is 1. The first-order valence-electron chi connectivity index (χ1n) is 9.70. The Morgan fingerprint density at radius 2 is 1.87 bits per heavy atom. The second-order valence-corrected chi connectivity index (χ2v) is 8.64. The molecular formula is C23H24N2O4S. The molecule has 3 aromatic rings. The van der Waals surface area contributed by atoms with Crippen LogP contribution >= 0.6 is 11.8 Å². The number of H-pyrrole nitrogens is 1. The number of nitrogens with one attached hydrogen (secondary N) is 1. The van der Waals surface area contributed by atoms with E-state index in [0.29, 0.717) is 11.3 Å². The number of carbonyl (C=O) groups excluding carboxylic acids is 1. The summed E-state index contributed by atoms with van der Waals surface area (Å²) in [6.45, 7) is 1.63. The average molecular weight is 425 g/mol. The molecule has 7 heteroatoms. The molecule has 0 unspecified atom stereocenters. The topological polar surface area (TPSA) is 84.3 Å². The molecule has 0 spiro atoms. The van der Waals surface area contributed by atoms with Crippen molar-refractivity contribution in [3.8, 4) is 5.69 Å². The lowest BCUT2D eigenvalue weighted by Crippen LogP contribution is -2.50. The molecule has 1 aliphatic rings. The maximum atomic E-state index is 13.1. The minimum absolute atomic E-state index is 0.148. The van der Waals surface area contributed by atoms with Crippen molar-refractivity contribution >= 4 is 17.7 Å². The summed E-state index contributed by atoms with van der Waals surface area (Å²) in [6, 6.07) is 17.2. The third kappa shape index (κ3) is 3.38. The number of benzene rings is 2. The average Bonchev–Trinajstić information content (AvgIpc) is 3.07. The zero-order valence-electron chi connectivity index (χ0n) is 17.1.